The molecule has 1 aromatic heterocycles. The highest BCUT2D eigenvalue weighted by molar-refractivity contribution is 5.93. The third-order valence-electron chi connectivity index (χ3n) is 5.58. The van der Waals surface area contributed by atoms with Crippen molar-refractivity contribution in [2.45, 2.75) is 0 Å². The van der Waals surface area contributed by atoms with Crippen LogP contribution >= 0.6 is 0 Å². The van der Waals surface area contributed by atoms with Crippen LogP contribution < -0.4 is 15.4 Å². The molecule has 1 heterocycles. The van der Waals surface area contributed by atoms with Gasteiger partial charge in [-0.3, -0.25) is 15.6 Å². The van der Waals surface area contributed by atoms with Gasteiger partial charge in [-0.2, -0.15) is 0 Å². The summed E-state index contributed by atoms with van der Waals surface area (Å²) < 4.78 is 2.00. The van der Waals surface area contributed by atoms with Gasteiger partial charge in [0.15, 0.2) is 0 Å². The highest BCUT2D eigenvalue weighted by Crippen LogP contribution is 2.26. The van der Waals surface area contributed by atoms with Crippen LogP contribution in [-0.4, -0.2) is 5.91 Å². The molecule has 0 saturated heterocycles. The molecule has 164 valence electrons. The molecule has 5 rings (SSSR count). The number of nitrogens with zero attached hydrogens (tertiary/aromatic N) is 1. The molecule has 0 unspecified atom stereocenters. The molecule has 0 bridgehead atoms. The Labute approximate surface area is 199 Å². The van der Waals surface area contributed by atoms with Crippen molar-refractivity contribution in [3.8, 4) is 28.1 Å². The van der Waals surface area contributed by atoms with E-state index < -0.39 is 0 Å². The largest absolute Gasteiger partial charge is 0.334 e. The van der Waals surface area contributed by atoms with Crippen molar-refractivity contribution in [3.63, 3.8) is 0 Å². The first kappa shape index (κ1) is 21.2. The smallest absolute Gasteiger partial charge is 0.298 e. The number of hydrogen-bond acceptors (Lipinski definition) is 2. The quantitative estimate of drug-likeness (QED) is 0.248. The molecule has 0 radical (unpaired) electrons. The molecular weight excluding hydrogens is 418 g/mol. The standard InChI is InChI=1S/C30H23N3O/c34-30(32-31-26-17-9-3-10-18-26)29-22-25(23-13-5-1-6-14-23)21-28(24-15-7-2-8-16-24)33(29)27-19-11-4-12-20-27/h1-22,34H/p+1. The zero-order chi connectivity index (χ0) is 23.2. The third-order valence-corrected chi connectivity index (χ3v) is 5.58. The van der Waals surface area contributed by atoms with Crippen LogP contribution in [0.4, 0.5) is 5.69 Å². The maximum atomic E-state index is 13.6. The Morgan fingerprint density at radius 1 is 0.559 bits per heavy atom. The number of carbonyl (C=O) groups is 1. The Kier molecular flexibility index (Phi) is 6.12. The molecule has 4 nitrogen and oxygen atoms in total. The van der Waals surface area contributed by atoms with Gasteiger partial charge in [0.05, 0.1) is 5.69 Å². The molecule has 4 heteroatoms. The highest BCUT2D eigenvalue weighted by atomic mass is 16.2. The molecule has 34 heavy (non-hydrogen) atoms. The lowest BCUT2D eigenvalue weighted by Gasteiger charge is -2.13. The summed E-state index contributed by atoms with van der Waals surface area (Å²) in [6.07, 6.45) is 0. The molecule has 0 spiro atoms. The molecule has 0 aliphatic heterocycles. The van der Waals surface area contributed by atoms with Crippen LogP contribution in [0.1, 0.15) is 10.5 Å². The fourth-order valence-electron chi connectivity index (χ4n) is 3.95. The molecule has 4 aromatic carbocycles. The van der Waals surface area contributed by atoms with Crippen LogP contribution in [0.3, 0.4) is 0 Å². The molecule has 5 aromatic rings. The number of amides is 1. The lowest BCUT2D eigenvalue weighted by Crippen LogP contribution is -2.45. The van der Waals surface area contributed by atoms with Crippen molar-refractivity contribution in [3.05, 3.63) is 139 Å². The van der Waals surface area contributed by atoms with Crippen molar-refractivity contribution in [2.75, 3.05) is 5.43 Å². The number of pyridine rings is 1. The zero-order valence-corrected chi connectivity index (χ0v) is 18.6. The first-order valence-corrected chi connectivity index (χ1v) is 11.2. The van der Waals surface area contributed by atoms with Crippen LogP contribution in [0.5, 0.6) is 0 Å². The first-order chi connectivity index (χ1) is 16.8. The first-order valence-electron chi connectivity index (χ1n) is 11.2. The van der Waals surface area contributed by atoms with Crippen molar-refractivity contribution in [1.82, 2.24) is 5.43 Å². The molecule has 1 amide bonds. The van der Waals surface area contributed by atoms with Crippen molar-refractivity contribution < 1.29 is 9.36 Å². The van der Waals surface area contributed by atoms with Gasteiger partial charge in [0.1, 0.15) is 0 Å². The van der Waals surface area contributed by atoms with Gasteiger partial charge >= 0.3 is 5.91 Å². The Bertz CT molecular complexity index is 1390. The van der Waals surface area contributed by atoms with E-state index in [9.17, 15) is 4.79 Å². The SMILES string of the molecule is O=C(NNc1ccccc1)c1cc(-c2ccccc2)cc(-c2ccccc2)[n+]1-c1ccccc1. The lowest BCUT2D eigenvalue weighted by molar-refractivity contribution is -0.586. The van der Waals surface area contributed by atoms with Crippen LogP contribution in [0, 0.1) is 0 Å². The summed E-state index contributed by atoms with van der Waals surface area (Å²) in [7, 11) is 0. The van der Waals surface area contributed by atoms with Crippen LogP contribution in [0.2, 0.25) is 0 Å². The normalized spacial score (nSPS) is 10.5. The minimum absolute atomic E-state index is 0.234. The third kappa shape index (κ3) is 4.57. The van der Waals surface area contributed by atoms with E-state index in [-0.39, 0.29) is 5.91 Å². The summed E-state index contributed by atoms with van der Waals surface area (Å²) in [5, 5.41) is 0. The minimum Gasteiger partial charge on any atom is -0.298 e. The number of benzene rings is 4. The summed E-state index contributed by atoms with van der Waals surface area (Å²) in [5.74, 6) is -0.234. The number of hydrogen-bond donors (Lipinski definition) is 2. The summed E-state index contributed by atoms with van der Waals surface area (Å²) >= 11 is 0. The van der Waals surface area contributed by atoms with Gasteiger partial charge in [0.2, 0.25) is 11.4 Å². The molecule has 2 N–H and O–H groups in total. The molecule has 0 aliphatic carbocycles. The topological polar surface area (TPSA) is 45.0 Å². The second kappa shape index (κ2) is 9.84. The average molecular weight is 443 g/mol. The number of anilines is 1. The summed E-state index contributed by atoms with van der Waals surface area (Å²) in [5.41, 5.74) is 12.1. The number of para-hydroxylation sites is 2. The van der Waals surface area contributed by atoms with Gasteiger partial charge < -0.3 is 0 Å². The molecule has 0 saturated carbocycles. The minimum atomic E-state index is -0.234. The van der Waals surface area contributed by atoms with E-state index in [1.165, 1.54) is 0 Å². The van der Waals surface area contributed by atoms with E-state index in [0.717, 1.165) is 33.8 Å². The fraction of sp³-hybridized carbons (Fsp3) is 0. The number of rotatable bonds is 6. The second-order valence-electron chi connectivity index (χ2n) is 7.86. The maximum Gasteiger partial charge on any atom is 0.334 e. The van der Waals surface area contributed by atoms with Gasteiger partial charge in [-0.25, -0.2) is 0 Å². The number of aromatic nitrogens is 1. The summed E-state index contributed by atoms with van der Waals surface area (Å²) in [6, 6.07) is 43.9. The Morgan fingerprint density at radius 3 is 1.71 bits per heavy atom. The van der Waals surface area contributed by atoms with Crippen LogP contribution in [-0.2, 0) is 0 Å². The van der Waals surface area contributed by atoms with Crippen molar-refractivity contribution >= 4 is 11.6 Å². The van der Waals surface area contributed by atoms with E-state index in [1.54, 1.807) is 0 Å². The summed E-state index contributed by atoms with van der Waals surface area (Å²) in [6.45, 7) is 0. The van der Waals surface area contributed by atoms with Crippen molar-refractivity contribution in [2.24, 2.45) is 0 Å². The van der Waals surface area contributed by atoms with Gasteiger partial charge in [0.25, 0.3) is 5.69 Å². The van der Waals surface area contributed by atoms with E-state index in [2.05, 4.69) is 41.2 Å². The maximum absolute atomic E-state index is 13.6. The summed E-state index contributed by atoms with van der Waals surface area (Å²) in [4.78, 5) is 13.6. The van der Waals surface area contributed by atoms with Crippen LogP contribution in [0.15, 0.2) is 133 Å². The Hall–Kier alpha value is -4.70. The molecule has 0 aliphatic rings. The van der Waals surface area contributed by atoms with Gasteiger partial charge in [-0.15, -0.1) is 4.57 Å². The molecular formula is C30H24N3O+. The van der Waals surface area contributed by atoms with Gasteiger partial charge in [-0.05, 0) is 35.4 Å². The number of nitrogens with one attached hydrogen (secondary N) is 2. The van der Waals surface area contributed by atoms with E-state index in [0.29, 0.717) is 5.69 Å². The monoisotopic (exact) mass is 442 g/mol. The van der Waals surface area contributed by atoms with E-state index in [1.807, 2.05) is 108 Å². The average Bonchev–Trinajstić information content (AvgIpc) is 2.93. The molecule has 0 atom stereocenters. The Morgan fingerprint density at radius 2 is 1.09 bits per heavy atom. The highest BCUT2D eigenvalue weighted by Gasteiger charge is 2.28. The van der Waals surface area contributed by atoms with E-state index >= 15 is 0 Å². The predicted molar refractivity (Wildman–Crippen MR) is 136 cm³/mol. The second-order valence-corrected chi connectivity index (χ2v) is 7.86. The van der Waals surface area contributed by atoms with Gasteiger partial charge in [-0.1, -0.05) is 84.9 Å². The predicted octanol–water partition coefficient (Wildman–Crippen LogP) is 6.05. The van der Waals surface area contributed by atoms with Crippen LogP contribution in [0.25, 0.3) is 28.1 Å². The van der Waals surface area contributed by atoms with Crippen molar-refractivity contribution in [1.29, 1.82) is 0 Å². The number of carbonyl (C=O) groups excluding carboxylic acids is 1. The van der Waals surface area contributed by atoms with Gasteiger partial charge in [0, 0.05) is 29.8 Å². The van der Waals surface area contributed by atoms with E-state index in [4.69, 9.17) is 0 Å². The number of hydrazine groups is 1. The molecule has 0 fully saturated rings. The zero-order valence-electron chi connectivity index (χ0n) is 18.6. The fourth-order valence-corrected chi connectivity index (χ4v) is 3.95. The lowest BCUT2D eigenvalue weighted by atomic mass is 10.0. The Balaban J connectivity index is 1.69.